The van der Waals surface area contributed by atoms with Gasteiger partial charge in [0, 0.05) is 23.6 Å². The smallest absolute Gasteiger partial charge is 0.277 e. The third-order valence-electron chi connectivity index (χ3n) is 5.44. The molecule has 10 heteroatoms. The van der Waals surface area contributed by atoms with Crippen molar-refractivity contribution in [2.45, 2.75) is 24.4 Å². The third kappa shape index (κ3) is 2.83. The Morgan fingerprint density at radius 3 is 2.69 bits per heavy atom. The van der Waals surface area contributed by atoms with E-state index in [1.165, 1.54) is 11.8 Å². The van der Waals surface area contributed by atoms with E-state index < -0.39 is 0 Å². The predicted molar refractivity (Wildman–Crippen MR) is 122 cm³/mol. The number of aryl methyl sites for hydroxylation is 1. The number of para-hydroxylation sites is 2. The molecule has 2 aromatic carbocycles. The van der Waals surface area contributed by atoms with E-state index in [-0.39, 0.29) is 5.56 Å². The lowest BCUT2D eigenvalue weighted by Crippen LogP contribution is -2.22. The van der Waals surface area contributed by atoms with Gasteiger partial charge in [-0.25, -0.2) is 0 Å². The van der Waals surface area contributed by atoms with E-state index in [0.717, 1.165) is 22.0 Å². The number of nitrogens with zero attached hydrogens (tertiary/aromatic N) is 6. The Labute approximate surface area is 185 Å². The largest absolute Gasteiger partial charge is 0.411 e. The summed E-state index contributed by atoms with van der Waals surface area (Å²) in [6, 6.07) is 15.5. The van der Waals surface area contributed by atoms with Crippen molar-refractivity contribution in [2.75, 3.05) is 0 Å². The Kier molecular flexibility index (Phi) is 4.32. The molecule has 6 rings (SSSR count). The Morgan fingerprint density at radius 1 is 1.00 bits per heavy atom. The summed E-state index contributed by atoms with van der Waals surface area (Å²) in [7, 11) is 0. The molecule has 0 unspecified atom stereocenters. The van der Waals surface area contributed by atoms with Gasteiger partial charge in [0.05, 0.1) is 22.2 Å². The zero-order valence-electron chi connectivity index (χ0n) is 17.0. The highest BCUT2D eigenvalue weighted by Crippen LogP contribution is 2.30. The summed E-state index contributed by atoms with van der Waals surface area (Å²) in [5.74, 6) is 2.15. The molecule has 0 aliphatic rings. The Bertz CT molecular complexity index is 1660. The lowest BCUT2D eigenvalue weighted by molar-refractivity contribution is 0.466. The van der Waals surface area contributed by atoms with Crippen molar-refractivity contribution < 1.29 is 4.42 Å². The van der Waals surface area contributed by atoms with E-state index >= 15 is 0 Å². The number of fused-ring (bicyclic) bond motifs is 4. The molecule has 6 aromatic rings. The molecule has 0 radical (unpaired) electrons. The number of hydrogen-bond acceptors (Lipinski definition) is 7. The highest BCUT2D eigenvalue weighted by molar-refractivity contribution is 7.98. The molecular formula is C22H17N7O2S. The van der Waals surface area contributed by atoms with Crippen LogP contribution in [0.15, 0.2) is 69.2 Å². The lowest BCUT2D eigenvalue weighted by Gasteiger charge is -2.09. The van der Waals surface area contributed by atoms with Gasteiger partial charge in [0.2, 0.25) is 5.78 Å². The molecule has 158 valence electrons. The second-order valence-corrected chi connectivity index (χ2v) is 8.15. The van der Waals surface area contributed by atoms with Crippen molar-refractivity contribution in [2.24, 2.45) is 0 Å². The van der Waals surface area contributed by atoms with Crippen LogP contribution in [0.4, 0.5) is 0 Å². The fraction of sp³-hybridized carbons (Fsp3) is 0.136. The molecule has 0 fully saturated rings. The van der Waals surface area contributed by atoms with E-state index in [9.17, 15) is 4.79 Å². The molecule has 0 bridgehead atoms. The predicted octanol–water partition coefficient (Wildman–Crippen LogP) is 3.89. The van der Waals surface area contributed by atoms with Crippen LogP contribution in [0.5, 0.6) is 0 Å². The number of aromatic amines is 1. The molecule has 0 atom stereocenters. The van der Waals surface area contributed by atoms with Crippen LogP contribution in [0.25, 0.3) is 39.0 Å². The first-order valence-corrected chi connectivity index (χ1v) is 11.1. The highest BCUT2D eigenvalue weighted by atomic mass is 32.2. The van der Waals surface area contributed by atoms with Crippen LogP contribution in [-0.4, -0.2) is 34.3 Å². The number of thioether (sulfide) groups is 1. The topological polar surface area (TPSA) is 107 Å². The zero-order chi connectivity index (χ0) is 21.7. The van der Waals surface area contributed by atoms with Gasteiger partial charge in [-0.3, -0.25) is 13.8 Å². The number of H-pyrrole nitrogens is 1. The minimum Gasteiger partial charge on any atom is -0.411 e. The molecule has 0 saturated carbocycles. The molecule has 0 aliphatic heterocycles. The van der Waals surface area contributed by atoms with E-state index in [4.69, 9.17) is 4.42 Å². The first-order chi connectivity index (χ1) is 15.7. The van der Waals surface area contributed by atoms with Crippen LogP contribution in [0, 0.1) is 0 Å². The van der Waals surface area contributed by atoms with Gasteiger partial charge in [0.25, 0.3) is 16.7 Å². The lowest BCUT2D eigenvalue weighted by atomic mass is 10.2. The van der Waals surface area contributed by atoms with E-state index in [1.807, 2.05) is 66.1 Å². The molecule has 9 nitrogen and oxygen atoms in total. The maximum atomic E-state index is 12.8. The molecule has 0 spiro atoms. The van der Waals surface area contributed by atoms with Crippen molar-refractivity contribution in [3.8, 4) is 11.5 Å². The summed E-state index contributed by atoms with van der Waals surface area (Å²) >= 11 is 1.38. The van der Waals surface area contributed by atoms with Crippen LogP contribution in [0.3, 0.4) is 0 Å². The molecular weight excluding hydrogens is 426 g/mol. The quantitative estimate of drug-likeness (QED) is 0.403. The standard InChI is InChI=1S/C22H17N7O2S/c1-2-28-20(30)14-8-4-6-10-17(14)29-18(24-26-21(28)29)12-32-22-27-25-19(31-22)15-11-23-16-9-5-3-7-13(15)16/h3-11,23H,2,12H2,1H3. The van der Waals surface area contributed by atoms with Crippen LogP contribution >= 0.6 is 11.8 Å². The van der Waals surface area contributed by atoms with E-state index in [1.54, 1.807) is 4.57 Å². The number of rotatable bonds is 5. The van der Waals surface area contributed by atoms with Crippen molar-refractivity contribution in [1.29, 1.82) is 0 Å². The summed E-state index contributed by atoms with van der Waals surface area (Å²) in [6.07, 6.45) is 1.87. The van der Waals surface area contributed by atoms with Crippen LogP contribution in [0.2, 0.25) is 0 Å². The molecule has 4 heterocycles. The number of hydrogen-bond donors (Lipinski definition) is 1. The van der Waals surface area contributed by atoms with Gasteiger partial charge in [-0.2, -0.15) is 0 Å². The van der Waals surface area contributed by atoms with Gasteiger partial charge in [-0.05, 0) is 25.1 Å². The van der Waals surface area contributed by atoms with Crippen LogP contribution in [0.1, 0.15) is 12.7 Å². The van der Waals surface area contributed by atoms with Crippen LogP contribution in [-0.2, 0) is 12.3 Å². The molecule has 0 amide bonds. The third-order valence-corrected chi connectivity index (χ3v) is 6.26. The number of aromatic nitrogens is 7. The Hall–Kier alpha value is -3.92. The fourth-order valence-electron chi connectivity index (χ4n) is 3.94. The van der Waals surface area contributed by atoms with E-state index in [0.29, 0.717) is 40.4 Å². The summed E-state index contributed by atoms with van der Waals surface area (Å²) in [5.41, 5.74) is 2.59. The van der Waals surface area contributed by atoms with Gasteiger partial charge in [-0.1, -0.05) is 42.1 Å². The second-order valence-electron chi connectivity index (χ2n) is 7.23. The minimum absolute atomic E-state index is 0.0672. The first kappa shape index (κ1) is 18.8. The van der Waals surface area contributed by atoms with Gasteiger partial charge in [0.1, 0.15) is 5.82 Å². The molecule has 0 aliphatic carbocycles. The van der Waals surface area contributed by atoms with Gasteiger partial charge in [-0.15, -0.1) is 20.4 Å². The summed E-state index contributed by atoms with van der Waals surface area (Å²) < 4.78 is 9.46. The Morgan fingerprint density at radius 2 is 1.81 bits per heavy atom. The van der Waals surface area contributed by atoms with Gasteiger partial charge in [0.15, 0.2) is 0 Å². The fourth-order valence-corrected chi connectivity index (χ4v) is 4.62. The monoisotopic (exact) mass is 443 g/mol. The van der Waals surface area contributed by atoms with Crippen molar-refractivity contribution in [1.82, 2.24) is 34.3 Å². The summed E-state index contributed by atoms with van der Waals surface area (Å²) in [6.45, 7) is 2.43. The second kappa shape index (κ2) is 7.34. The maximum absolute atomic E-state index is 12.8. The van der Waals surface area contributed by atoms with Gasteiger partial charge >= 0.3 is 0 Å². The SMILES string of the molecule is CCn1c(=O)c2ccccc2n2c(CSc3nnc(-c4c[nH]c5ccccc45)o3)nnc12. The van der Waals surface area contributed by atoms with Crippen molar-refractivity contribution >= 4 is 39.3 Å². The Balaban J connectivity index is 1.35. The number of nitrogens with one attached hydrogen (secondary N) is 1. The van der Waals surface area contributed by atoms with Gasteiger partial charge < -0.3 is 9.40 Å². The minimum atomic E-state index is -0.0672. The highest BCUT2D eigenvalue weighted by Gasteiger charge is 2.18. The average molecular weight is 443 g/mol. The normalized spacial score (nSPS) is 11.8. The molecule has 4 aromatic heterocycles. The van der Waals surface area contributed by atoms with Crippen molar-refractivity contribution in [3.63, 3.8) is 0 Å². The first-order valence-electron chi connectivity index (χ1n) is 10.1. The number of benzene rings is 2. The maximum Gasteiger partial charge on any atom is 0.277 e. The zero-order valence-corrected chi connectivity index (χ0v) is 17.8. The van der Waals surface area contributed by atoms with Crippen LogP contribution < -0.4 is 5.56 Å². The van der Waals surface area contributed by atoms with E-state index in [2.05, 4.69) is 25.4 Å². The molecule has 1 N–H and O–H groups in total. The van der Waals surface area contributed by atoms with Crippen molar-refractivity contribution in [3.05, 3.63) is 70.9 Å². The average Bonchev–Trinajstić information content (AvgIpc) is 3.56. The molecule has 32 heavy (non-hydrogen) atoms. The summed E-state index contributed by atoms with van der Waals surface area (Å²) in [5, 5.41) is 19.1. The summed E-state index contributed by atoms with van der Waals surface area (Å²) in [4.78, 5) is 16.0. The molecule has 0 saturated heterocycles.